The molecule has 0 saturated heterocycles. The molecule has 5 rings (SSSR count). The molecule has 0 aliphatic carbocycles. The van der Waals surface area contributed by atoms with Crippen LogP contribution in [-0.4, -0.2) is 24.9 Å². The number of ether oxygens (including phenoxy) is 1. The van der Waals surface area contributed by atoms with E-state index in [9.17, 15) is 8.42 Å². The van der Waals surface area contributed by atoms with Gasteiger partial charge in [0.05, 0.1) is 23.4 Å². The van der Waals surface area contributed by atoms with Gasteiger partial charge < -0.3 is 9.14 Å². The fourth-order valence-corrected chi connectivity index (χ4v) is 4.80. The molecule has 0 fully saturated rings. The van der Waals surface area contributed by atoms with Crippen molar-refractivity contribution in [1.29, 1.82) is 0 Å². The second-order valence-electron chi connectivity index (χ2n) is 7.63. The number of fused-ring (bicyclic) bond motifs is 2. The molecule has 0 aliphatic heterocycles. The van der Waals surface area contributed by atoms with E-state index < -0.39 is 10.0 Å². The Morgan fingerprint density at radius 3 is 2.56 bits per heavy atom. The standard InChI is InChI=1S/C25H21N3O3S/c1-17-11-12-28-16-23(26-25(28)13-17)20-8-10-24(31-2)22(15-20)27-32(29,30)21-9-7-18-5-3-4-6-19(18)14-21/h3-16,27H,1-2H3. The van der Waals surface area contributed by atoms with Crippen LogP contribution in [0, 0.1) is 6.92 Å². The number of sulfonamides is 1. The highest BCUT2D eigenvalue weighted by molar-refractivity contribution is 7.92. The summed E-state index contributed by atoms with van der Waals surface area (Å²) in [5.74, 6) is 0.428. The summed E-state index contributed by atoms with van der Waals surface area (Å²) in [6, 6.07) is 22.1. The van der Waals surface area contributed by atoms with E-state index in [4.69, 9.17) is 4.74 Å². The molecule has 0 radical (unpaired) electrons. The summed E-state index contributed by atoms with van der Waals surface area (Å²) in [4.78, 5) is 4.86. The van der Waals surface area contributed by atoms with Gasteiger partial charge in [0.15, 0.2) is 0 Å². The number of hydrogen-bond acceptors (Lipinski definition) is 4. The first-order valence-electron chi connectivity index (χ1n) is 10.1. The molecule has 160 valence electrons. The summed E-state index contributed by atoms with van der Waals surface area (Å²) in [6.07, 6.45) is 3.87. The van der Waals surface area contributed by atoms with Crippen LogP contribution < -0.4 is 9.46 Å². The van der Waals surface area contributed by atoms with Crippen LogP contribution in [0.25, 0.3) is 27.7 Å². The van der Waals surface area contributed by atoms with Gasteiger partial charge in [0, 0.05) is 18.0 Å². The lowest BCUT2D eigenvalue weighted by atomic mass is 10.1. The van der Waals surface area contributed by atoms with Crippen LogP contribution in [0.15, 0.2) is 90.1 Å². The Hall–Kier alpha value is -3.84. The van der Waals surface area contributed by atoms with Crippen molar-refractivity contribution in [1.82, 2.24) is 9.38 Å². The van der Waals surface area contributed by atoms with Crippen molar-refractivity contribution in [2.24, 2.45) is 0 Å². The maximum atomic E-state index is 13.2. The topological polar surface area (TPSA) is 72.7 Å². The summed E-state index contributed by atoms with van der Waals surface area (Å²) in [5.41, 5.74) is 3.82. The van der Waals surface area contributed by atoms with Gasteiger partial charge in [-0.25, -0.2) is 13.4 Å². The molecule has 6 nitrogen and oxygen atoms in total. The van der Waals surface area contributed by atoms with Gasteiger partial charge in [-0.05, 0) is 65.7 Å². The number of rotatable bonds is 5. The number of imidazole rings is 1. The number of aromatic nitrogens is 2. The number of benzene rings is 3. The molecule has 7 heteroatoms. The molecule has 2 heterocycles. The van der Waals surface area contributed by atoms with Gasteiger partial charge in [-0.15, -0.1) is 0 Å². The van der Waals surface area contributed by atoms with Crippen molar-refractivity contribution in [2.45, 2.75) is 11.8 Å². The summed E-state index contributed by atoms with van der Waals surface area (Å²) >= 11 is 0. The molecule has 32 heavy (non-hydrogen) atoms. The molecule has 0 atom stereocenters. The van der Waals surface area contributed by atoms with E-state index in [2.05, 4.69) is 9.71 Å². The van der Waals surface area contributed by atoms with E-state index in [1.807, 2.05) is 66.2 Å². The van der Waals surface area contributed by atoms with Crippen molar-refractivity contribution >= 4 is 32.1 Å². The first kappa shape index (κ1) is 20.1. The Morgan fingerprint density at radius 1 is 0.938 bits per heavy atom. The highest BCUT2D eigenvalue weighted by atomic mass is 32.2. The van der Waals surface area contributed by atoms with E-state index in [1.54, 1.807) is 30.3 Å². The largest absolute Gasteiger partial charge is 0.495 e. The quantitative estimate of drug-likeness (QED) is 0.402. The zero-order valence-electron chi connectivity index (χ0n) is 17.6. The molecule has 5 aromatic rings. The molecule has 0 spiro atoms. The van der Waals surface area contributed by atoms with Gasteiger partial charge in [-0.3, -0.25) is 4.72 Å². The van der Waals surface area contributed by atoms with Gasteiger partial charge in [0.25, 0.3) is 10.0 Å². The minimum absolute atomic E-state index is 0.187. The Morgan fingerprint density at radius 2 is 1.75 bits per heavy atom. The highest BCUT2D eigenvalue weighted by Gasteiger charge is 2.18. The van der Waals surface area contributed by atoms with E-state index in [-0.39, 0.29) is 4.90 Å². The average molecular weight is 444 g/mol. The normalized spacial score (nSPS) is 11.7. The monoisotopic (exact) mass is 443 g/mol. The smallest absolute Gasteiger partial charge is 0.262 e. The third-order valence-corrected chi connectivity index (χ3v) is 6.75. The molecule has 3 aromatic carbocycles. The van der Waals surface area contributed by atoms with Crippen molar-refractivity contribution in [3.63, 3.8) is 0 Å². The van der Waals surface area contributed by atoms with Crippen molar-refractivity contribution in [3.05, 3.63) is 90.8 Å². The predicted octanol–water partition coefficient (Wildman–Crippen LogP) is 5.27. The van der Waals surface area contributed by atoms with Crippen LogP contribution in [-0.2, 0) is 10.0 Å². The summed E-state index contributed by atoms with van der Waals surface area (Å²) in [5, 5.41) is 1.84. The Kier molecular flexibility index (Phi) is 4.83. The Labute approximate surface area is 186 Å². The zero-order valence-corrected chi connectivity index (χ0v) is 18.4. The number of hydrogen-bond donors (Lipinski definition) is 1. The van der Waals surface area contributed by atoms with Crippen LogP contribution in [0.3, 0.4) is 0 Å². The first-order chi connectivity index (χ1) is 15.4. The lowest BCUT2D eigenvalue weighted by Crippen LogP contribution is -2.13. The van der Waals surface area contributed by atoms with Crippen molar-refractivity contribution < 1.29 is 13.2 Å². The number of nitrogens with zero attached hydrogens (tertiary/aromatic N) is 2. The Balaban J connectivity index is 1.54. The molecule has 1 N–H and O–H groups in total. The number of aryl methyl sites for hydroxylation is 1. The first-order valence-corrected chi connectivity index (χ1v) is 11.6. The maximum Gasteiger partial charge on any atom is 0.262 e. The highest BCUT2D eigenvalue weighted by Crippen LogP contribution is 2.32. The number of nitrogens with one attached hydrogen (secondary N) is 1. The molecule has 0 saturated carbocycles. The van der Waals surface area contributed by atoms with E-state index in [0.717, 1.165) is 33.2 Å². The average Bonchev–Trinajstić information content (AvgIpc) is 3.21. The SMILES string of the molecule is COc1ccc(-c2cn3ccc(C)cc3n2)cc1NS(=O)(=O)c1ccc2ccccc2c1. The van der Waals surface area contributed by atoms with Crippen LogP contribution >= 0.6 is 0 Å². The predicted molar refractivity (Wildman–Crippen MR) is 127 cm³/mol. The Bertz CT molecular complexity index is 1570. The zero-order chi connectivity index (χ0) is 22.3. The summed E-state index contributed by atoms with van der Waals surface area (Å²) in [6.45, 7) is 2.02. The molecule has 0 aliphatic rings. The van der Waals surface area contributed by atoms with Crippen LogP contribution in [0.1, 0.15) is 5.56 Å². The summed E-state index contributed by atoms with van der Waals surface area (Å²) < 4.78 is 36.3. The molecule has 0 bridgehead atoms. The van der Waals surface area contributed by atoms with Gasteiger partial charge in [0.2, 0.25) is 0 Å². The molecular formula is C25H21N3O3S. The maximum absolute atomic E-state index is 13.2. The van der Waals surface area contributed by atoms with E-state index >= 15 is 0 Å². The minimum atomic E-state index is -3.82. The van der Waals surface area contributed by atoms with Crippen molar-refractivity contribution in [2.75, 3.05) is 11.8 Å². The third kappa shape index (κ3) is 3.67. The van der Waals surface area contributed by atoms with Gasteiger partial charge in [-0.2, -0.15) is 0 Å². The fourth-order valence-electron chi connectivity index (χ4n) is 3.71. The molecule has 0 amide bonds. The number of methoxy groups -OCH3 is 1. The second-order valence-corrected chi connectivity index (χ2v) is 9.31. The number of anilines is 1. The van der Waals surface area contributed by atoms with Crippen molar-refractivity contribution in [3.8, 4) is 17.0 Å². The fraction of sp³-hybridized carbons (Fsp3) is 0.0800. The lowest BCUT2D eigenvalue weighted by molar-refractivity contribution is 0.417. The molecular weight excluding hydrogens is 422 g/mol. The third-order valence-electron chi connectivity index (χ3n) is 5.39. The van der Waals surface area contributed by atoms with E-state index in [0.29, 0.717) is 11.4 Å². The van der Waals surface area contributed by atoms with E-state index in [1.165, 1.54) is 7.11 Å². The van der Waals surface area contributed by atoms with Crippen LogP contribution in [0.5, 0.6) is 5.75 Å². The van der Waals surface area contributed by atoms with Gasteiger partial charge in [0.1, 0.15) is 11.4 Å². The second kappa shape index (κ2) is 7.69. The van der Waals surface area contributed by atoms with Crippen LogP contribution in [0.4, 0.5) is 5.69 Å². The van der Waals surface area contributed by atoms with Crippen LogP contribution in [0.2, 0.25) is 0 Å². The molecule has 2 aromatic heterocycles. The lowest BCUT2D eigenvalue weighted by Gasteiger charge is -2.13. The van der Waals surface area contributed by atoms with Gasteiger partial charge >= 0.3 is 0 Å². The number of pyridine rings is 1. The van der Waals surface area contributed by atoms with Gasteiger partial charge in [-0.1, -0.05) is 30.3 Å². The molecule has 0 unspecified atom stereocenters. The summed E-state index contributed by atoms with van der Waals surface area (Å²) in [7, 11) is -2.31. The minimum Gasteiger partial charge on any atom is -0.495 e.